The summed E-state index contributed by atoms with van der Waals surface area (Å²) in [7, 11) is 1.90. The van der Waals surface area contributed by atoms with Crippen molar-refractivity contribution in [1.82, 2.24) is 9.97 Å². The maximum absolute atomic E-state index is 4.41. The van der Waals surface area contributed by atoms with Crippen molar-refractivity contribution in [1.29, 1.82) is 0 Å². The van der Waals surface area contributed by atoms with Gasteiger partial charge < -0.3 is 10.2 Å². The first kappa shape index (κ1) is 11.2. The molecule has 1 aromatic heterocycles. The largest absolute Gasteiger partial charge is 0.373 e. The third-order valence-electron chi connectivity index (χ3n) is 3.58. The van der Waals surface area contributed by atoms with Crippen LogP contribution in [0.3, 0.4) is 0 Å². The van der Waals surface area contributed by atoms with Gasteiger partial charge in [-0.2, -0.15) is 0 Å². The molecule has 2 heterocycles. The van der Waals surface area contributed by atoms with Gasteiger partial charge in [-0.1, -0.05) is 13.8 Å². The molecule has 0 saturated carbocycles. The van der Waals surface area contributed by atoms with Gasteiger partial charge in [0, 0.05) is 25.7 Å². The lowest BCUT2D eigenvalue weighted by atomic mass is 10.0. The Labute approximate surface area is 97.1 Å². The first-order valence-electron chi connectivity index (χ1n) is 5.87. The lowest BCUT2D eigenvalue weighted by Crippen LogP contribution is -2.22. The van der Waals surface area contributed by atoms with Crippen molar-refractivity contribution < 1.29 is 0 Å². The van der Waals surface area contributed by atoms with E-state index in [1.54, 1.807) is 6.33 Å². The van der Waals surface area contributed by atoms with Crippen molar-refractivity contribution in [3.05, 3.63) is 11.9 Å². The van der Waals surface area contributed by atoms with E-state index in [1.807, 2.05) is 7.05 Å². The second-order valence-corrected chi connectivity index (χ2v) is 4.78. The van der Waals surface area contributed by atoms with Crippen LogP contribution >= 0.6 is 0 Å². The number of nitrogens with zero attached hydrogens (tertiary/aromatic N) is 3. The summed E-state index contributed by atoms with van der Waals surface area (Å²) in [4.78, 5) is 11.0. The van der Waals surface area contributed by atoms with E-state index in [2.05, 4.69) is 41.0 Å². The normalized spacial score (nSPS) is 24.9. The Bertz CT molecular complexity index is 367. The molecule has 88 valence electrons. The van der Waals surface area contributed by atoms with Crippen molar-refractivity contribution in [2.75, 3.05) is 30.4 Å². The van der Waals surface area contributed by atoms with Crippen LogP contribution in [0.5, 0.6) is 0 Å². The fourth-order valence-corrected chi connectivity index (χ4v) is 2.31. The summed E-state index contributed by atoms with van der Waals surface area (Å²) in [6, 6.07) is 0. The third-order valence-corrected chi connectivity index (χ3v) is 3.58. The highest BCUT2D eigenvalue weighted by atomic mass is 15.2. The molecule has 2 atom stereocenters. The van der Waals surface area contributed by atoms with Gasteiger partial charge in [0.2, 0.25) is 0 Å². The molecule has 0 aliphatic carbocycles. The summed E-state index contributed by atoms with van der Waals surface area (Å²) >= 11 is 0. The summed E-state index contributed by atoms with van der Waals surface area (Å²) in [5.74, 6) is 3.49. The van der Waals surface area contributed by atoms with Gasteiger partial charge in [-0.25, -0.2) is 9.97 Å². The minimum Gasteiger partial charge on any atom is -0.373 e. The fraction of sp³-hybridized carbons (Fsp3) is 0.667. The van der Waals surface area contributed by atoms with Crippen LogP contribution in [0.4, 0.5) is 11.6 Å². The standard InChI is InChI=1S/C12H20N4/c1-8-5-16(6-9(8)2)12-10(3)11(13-4)14-7-15-12/h7-9H,5-6H2,1-4H3,(H,13,14,15). The molecule has 1 aliphatic heterocycles. The molecule has 4 heteroatoms. The van der Waals surface area contributed by atoms with Gasteiger partial charge in [0.25, 0.3) is 0 Å². The van der Waals surface area contributed by atoms with Crippen molar-refractivity contribution in [2.24, 2.45) is 11.8 Å². The molecule has 1 fully saturated rings. The van der Waals surface area contributed by atoms with Crippen molar-refractivity contribution >= 4 is 11.6 Å². The van der Waals surface area contributed by atoms with Gasteiger partial charge in [-0.05, 0) is 18.8 Å². The van der Waals surface area contributed by atoms with E-state index in [0.29, 0.717) is 0 Å². The zero-order valence-electron chi connectivity index (χ0n) is 10.5. The molecule has 0 radical (unpaired) electrons. The SMILES string of the molecule is CNc1ncnc(N2CC(C)C(C)C2)c1C. The van der Waals surface area contributed by atoms with Crippen LogP contribution in [0.1, 0.15) is 19.4 Å². The summed E-state index contributed by atoms with van der Waals surface area (Å²) in [6.07, 6.45) is 1.64. The molecule has 0 bridgehead atoms. The second kappa shape index (κ2) is 4.28. The zero-order chi connectivity index (χ0) is 11.7. The molecule has 1 aliphatic rings. The maximum Gasteiger partial charge on any atom is 0.137 e. The highest BCUT2D eigenvalue weighted by molar-refractivity contribution is 5.58. The van der Waals surface area contributed by atoms with Gasteiger partial charge in [-0.3, -0.25) is 0 Å². The van der Waals surface area contributed by atoms with Crippen LogP contribution in [0.15, 0.2) is 6.33 Å². The molecule has 1 aromatic rings. The van der Waals surface area contributed by atoms with Crippen LogP contribution in [0, 0.1) is 18.8 Å². The van der Waals surface area contributed by atoms with E-state index in [1.165, 1.54) is 0 Å². The number of anilines is 2. The molecule has 4 nitrogen and oxygen atoms in total. The average Bonchev–Trinajstić information content (AvgIpc) is 2.59. The molecule has 2 rings (SSSR count). The second-order valence-electron chi connectivity index (χ2n) is 4.78. The van der Waals surface area contributed by atoms with Gasteiger partial charge in [0.05, 0.1) is 0 Å². The minimum absolute atomic E-state index is 0.743. The van der Waals surface area contributed by atoms with Crippen LogP contribution in [0.25, 0.3) is 0 Å². The van der Waals surface area contributed by atoms with Gasteiger partial charge in [0.15, 0.2) is 0 Å². The maximum atomic E-state index is 4.41. The smallest absolute Gasteiger partial charge is 0.137 e. The van der Waals surface area contributed by atoms with Crippen LogP contribution in [0.2, 0.25) is 0 Å². The highest BCUT2D eigenvalue weighted by Crippen LogP contribution is 2.29. The lowest BCUT2D eigenvalue weighted by Gasteiger charge is -2.20. The average molecular weight is 220 g/mol. The Hall–Kier alpha value is -1.32. The first-order chi connectivity index (χ1) is 7.63. The minimum atomic E-state index is 0.743. The molecule has 2 unspecified atom stereocenters. The van der Waals surface area contributed by atoms with E-state index in [-0.39, 0.29) is 0 Å². The number of hydrogen-bond acceptors (Lipinski definition) is 4. The van der Waals surface area contributed by atoms with Gasteiger partial charge >= 0.3 is 0 Å². The molecular formula is C12H20N4. The Morgan fingerprint density at radius 3 is 2.44 bits per heavy atom. The zero-order valence-corrected chi connectivity index (χ0v) is 10.5. The number of rotatable bonds is 2. The predicted octanol–water partition coefficient (Wildman–Crippen LogP) is 1.92. The Morgan fingerprint density at radius 1 is 1.25 bits per heavy atom. The third kappa shape index (κ3) is 1.84. The van der Waals surface area contributed by atoms with E-state index in [4.69, 9.17) is 0 Å². The Balaban J connectivity index is 2.28. The quantitative estimate of drug-likeness (QED) is 0.826. The number of nitrogens with one attached hydrogen (secondary N) is 1. The molecular weight excluding hydrogens is 200 g/mol. The van der Waals surface area contributed by atoms with Crippen LogP contribution in [-0.4, -0.2) is 30.1 Å². The van der Waals surface area contributed by atoms with Crippen molar-refractivity contribution in [3.8, 4) is 0 Å². The van der Waals surface area contributed by atoms with Crippen LogP contribution in [-0.2, 0) is 0 Å². The molecule has 0 aromatic carbocycles. The lowest BCUT2D eigenvalue weighted by molar-refractivity contribution is 0.494. The summed E-state index contributed by atoms with van der Waals surface area (Å²) in [5.41, 5.74) is 1.14. The summed E-state index contributed by atoms with van der Waals surface area (Å²) < 4.78 is 0. The monoisotopic (exact) mass is 220 g/mol. The Morgan fingerprint density at radius 2 is 1.88 bits per heavy atom. The number of aromatic nitrogens is 2. The summed E-state index contributed by atoms with van der Waals surface area (Å²) in [6.45, 7) is 8.89. The van der Waals surface area contributed by atoms with Crippen molar-refractivity contribution in [2.45, 2.75) is 20.8 Å². The topological polar surface area (TPSA) is 41.1 Å². The predicted molar refractivity (Wildman–Crippen MR) is 66.9 cm³/mol. The Kier molecular flexibility index (Phi) is 2.99. The molecule has 0 amide bonds. The molecule has 0 spiro atoms. The van der Waals surface area contributed by atoms with Gasteiger partial charge in [0.1, 0.15) is 18.0 Å². The molecule has 16 heavy (non-hydrogen) atoms. The first-order valence-corrected chi connectivity index (χ1v) is 5.87. The van der Waals surface area contributed by atoms with E-state index in [9.17, 15) is 0 Å². The van der Waals surface area contributed by atoms with E-state index >= 15 is 0 Å². The van der Waals surface area contributed by atoms with E-state index in [0.717, 1.165) is 42.1 Å². The van der Waals surface area contributed by atoms with Gasteiger partial charge in [-0.15, -0.1) is 0 Å². The van der Waals surface area contributed by atoms with E-state index < -0.39 is 0 Å². The van der Waals surface area contributed by atoms with Crippen LogP contribution < -0.4 is 10.2 Å². The van der Waals surface area contributed by atoms with Crippen molar-refractivity contribution in [3.63, 3.8) is 0 Å². The molecule has 1 N–H and O–H groups in total. The molecule has 1 saturated heterocycles. The summed E-state index contributed by atoms with van der Waals surface area (Å²) in [5, 5.41) is 3.10. The highest BCUT2D eigenvalue weighted by Gasteiger charge is 2.28. The fourth-order valence-electron chi connectivity index (χ4n) is 2.31. The number of hydrogen-bond donors (Lipinski definition) is 1.